The minimum absolute atomic E-state index is 0.222. The van der Waals surface area contributed by atoms with Crippen LogP contribution in [0.1, 0.15) is 28.4 Å². The van der Waals surface area contributed by atoms with Crippen LogP contribution in [0.2, 0.25) is 0 Å². The van der Waals surface area contributed by atoms with Gasteiger partial charge in [-0.25, -0.2) is 4.39 Å². The lowest BCUT2D eigenvalue weighted by Crippen LogP contribution is -2.04. The Hall–Kier alpha value is -2.07. The molecule has 0 fully saturated rings. The molecule has 0 aliphatic heterocycles. The molecular weight excluding hydrogens is 271 g/mol. The predicted molar refractivity (Wildman–Crippen MR) is 79.5 cm³/mol. The average Bonchev–Trinajstić information content (AvgIpc) is 2.46. The minimum Gasteiger partial charge on any atom is -0.497 e. The molecule has 0 aliphatic carbocycles. The van der Waals surface area contributed by atoms with Gasteiger partial charge in [0.25, 0.3) is 0 Å². The fraction of sp³-hybridized carbons (Fsp3) is 0.294. The summed E-state index contributed by atoms with van der Waals surface area (Å²) in [5.41, 5.74) is 2.66. The molecule has 0 heterocycles. The molecule has 1 atom stereocenters. The summed E-state index contributed by atoms with van der Waals surface area (Å²) in [6.07, 6.45) is -1.03. The smallest absolute Gasteiger partial charge is 0.133 e. The van der Waals surface area contributed by atoms with Crippen molar-refractivity contribution in [2.24, 2.45) is 0 Å². The number of aliphatic hydroxyl groups excluding tert-OH is 1. The van der Waals surface area contributed by atoms with Crippen LogP contribution in [-0.4, -0.2) is 19.3 Å². The number of ether oxygens (including phenoxy) is 2. The Morgan fingerprint density at radius 3 is 2.10 bits per heavy atom. The van der Waals surface area contributed by atoms with Gasteiger partial charge in [0.1, 0.15) is 23.4 Å². The van der Waals surface area contributed by atoms with Crippen LogP contribution in [0.4, 0.5) is 4.39 Å². The Balaban J connectivity index is 2.42. The monoisotopic (exact) mass is 290 g/mol. The van der Waals surface area contributed by atoms with Crippen LogP contribution in [-0.2, 0) is 0 Å². The van der Waals surface area contributed by atoms with Crippen LogP contribution in [0.3, 0.4) is 0 Å². The highest BCUT2D eigenvalue weighted by molar-refractivity contribution is 5.46. The van der Waals surface area contributed by atoms with Gasteiger partial charge in [-0.05, 0) is 54.8 Å². The Morgan fingerprint density at radius 2 is 1.62 bits per heavy atom. The maximum absolute atomic E-state index is 14.1. The van der Waals surface area contributed by atoms with Crippen LogP contribution in [0.15, 0.2) is 30.3 Å². The Labute approximate surface area is 124 Å². The quantitative estimate of drug-likeness (QED) is 0.936. The van der Waals surface area contributed by atoms with Crippen LogP contribution in [0.25, 0.3) is 0 Å². The SMILES string of the molecule is COc1ccc(C(O)c2cc(C)c(OC)c(C)c2)c(F)c1. The lowest BCUT2D eigenvalue weighted by Gasteiger charge is -2.17. The van der Waals surface area contributed by atoms with Crippen LogP contribution >= 0.6 is 0 Å². The van der Waals surface area contributed by atoms with Crippen molar-refractivity contribution in [3.63, 3.8) is 0 Å². The molecule has 0 amide bonds. The van der Waals surface area contributed by atoms with Crippen LogP contribution in [0, 0.1) is 19.7 Å². The standard InChI is InChI=1S/C17H19FO3/c1-10-7-12(8-11(2)17(10)21-4)16(19)14-6-5-13(20-3)9-15(14)18/h5-9,16,19H,1-4H3. The summed E-state index contributed by atoms with van der Waals surface area (Å²) < 4.78 is 24.3. The van der Waals surface area contributed by atoms with Gasteiger partial charge < -0.3 is 14.6 Å². The normalized spacial score (nSPS) is 12.1. The lowest BCUT2D eigenvalue weighted by molar-refractivity contribution is 0.214. The van der Waals surface area contributed by atoms with E-state index >= 15 is 0 Å². The molecule has 21 heavy (non-hydrogen) atoms. The molecule has 0 saturated heterocycles. The van der Waals surface area contributed by atoms with E-state index in [1.54, 1.807) is 25.3 Å². The molecule has 112 valence electrons. The van der Waals surface area contributed by atoms with Crippen LogP contribution in [0.5, 0.6) is 11.5 Å². The fourth-order valence-electron chi connectivity index (χ4n) is 2.50. The van der Waals surface area contributed by atoms with E-state index in [0.717, 1.165) is 16.9 Å². The zero-order chi connectivity index (χ0) is 15.6. The summed E-state index contributed by atoms with van der Waals surface area (Å²) in [5, 5.41) is 10.4. The fourth-order valence-corrected chi connectivity index (χ4v) is 2.50. The molecule has 1 N–H and O–H groups in total. The maximum atomic E-state index is 14.1. The molecule has 2 rings (SSSR count). The van der Waals surface area contributed by atoms with Gasteiger partial charge in [-0.2, -0.15) is 0 Å². The summed E-state index contributed by atoms with van der Waals surface area (Å²) >= 11 is 0. The first-order valence-corrected chi connectivity index (χ1v) is 6.64. The van der Waals surface area contributed by atoms with Crippen molar-refractivity contribution >= 4 is 0 Å². The third-order valence-corrected chi connectivity index (χ3v) is 3.50. The van der Waals surface area contributed by atoms with Crippen molar-refractivity contribution in [2.75, 3.05) is 14.2 Å². The first kappa shape index (κ1) is 15.3. The summed E-state index contributed by atoms with van der Waals surface area (Å²) in [6, 6.07) is 8.04. The number of hydrogen-bond acceptors (Lipinski definition) is 3. The first-order chi connectivity index (χ1) is 9.97. The number of methoxy groups -OCH3 is 2. The number of benzene rings is 2. The first-order valence-electron chi connectivity index (χ1n) is 6.64. The van der Waals surface area contributed by atoms with Gasteiger partial charge in [0, 0.05) is 11.6 Å². The van der Waals surface area contributed by atoms with Gasteiger partial charge in [0.2, 0.25) is 0 Å². The van der Waals surface area contributed by atoms with Gasteiger partial charge in [-0.15, -0.1) is 0 Å². The molecular formula is C17H19FO3. The second-order valence-electron chi connectivity index (χ2n) is 4.98. The number of rotatable bonds is 4. The van der Waals surface area contributed by atoms with Gasteiger partial charge >= 0.3 is 0 Å². The third-order valence-electron chi connectivity index (χ3n) is 3.50. The Kier molecular flexibility index (Phi) is 4.48. The number of hydrogen-bond donors (Lipinski definition) is 1. The maximum Gasteiger partial charge on any atom is 0.133 e. The van der Waals surface area contributed by atoms with E-state index in [-0.39, 0.29) is 5.56 Å². The Morgan fingerprint density at radius 1 is 1.00 bits per heavy atom. The molecule has 0 aliphatic rings. The highest BCUT2D eigenvalue weighted by Gasteiger charge is 2.18. The number of aryl methyl sites for hydroxylation is 2. The largest absolute Gasteiger partial charge is 0.497 e. The van der Waals surface area contributed by atoms with Crippen molar-refractivity contribution in [1.82, 2.24) is 0 Å². The molecule has 4 heteroatoms. The van der Waals surface area contributed by atoms with E-state index < -0.39 is 11.9 Å². The molecule has 2 aromatic rings. The molecule has 0 aromatic heterocycles. The highest BCUT2D eigenvalue weighted by atomic mass is 19.1. The van der Waals surface area contributed by atoms with E-state index in [0.29, 0.717) is 11.3 Å². The minimum atomic E-state index is -1.03. The van der Waals surface area contributed by atoms with Gasteiger partial charge in [0.05, 0.1) is 14.2 Å². The van der Waals surface area contributed by atoms with E-state index in [1.165, 1.54) is 19.2 Å². The lowest BCUT2D eigenvalue weighted by atomic mass is 9.97. The Bertz CT molecular complexity index is 629. The van der Waals surface area contributed by atoms with E-state index in [1.807, 2.05) is 13.8 Å². The molecule has 1 unspecified atom stereocenters. The van der Waals surface area contributed by atoms with Gasteiger partial charge in [-0.3, -0.25) is 0 Å². The molecule has 0 spiro atoms. The molecule has 0 saturated carbocycles. The summed E-state index contributed by atoms with van der Waals surface area (Å²) in [6.45, 7) is 3.79. The molecule has 0 radical (unpaired) electrons. The average molecular weight is 290 g/mol. The molecule has 3 nitrogen and oxygen atoms in total. The summed E-state index contributed by atoms with van der Waals surface area (Å²) in [7, 11) is 3.08. The van der Waals surface area contributed by atoms with Crippen molar-refractivity contribution < 1.29 is 19.0 Å². The highest BCUT2D eigenvalue weighted by Crippen LogP contribution is 2.31. The van der Waals surface area contributed by atoms with Gasteiger partial charge in [-0.1, -0.05) is 0 Å². The predicted octanol–water partition coefficient (Wildman–Crippen LogP) is 3.54. The third kappa shape index (κ3) is 3.00. The van der Waals surface area contributed by atoms with Crippen molar-refractivity contribution in [3.05, 3.63) is 58.4 Å². The second-order valence-corrected chi connectivity index (χ2v) is 4.98. The topological polar surface area (TPSA) is 38.7 Å². The molecule has 2 aromatic carbocycles. The second kappa shape index (κ2) is 6.14. The zero-order valence-corrected chi connectivity index (χ0v) is 12.6. The van der Waals surface area contributed by atoms with E-state index in [4.69, 9.17) is 9.47 Å². The van der Waals surface area contributed by atoms with Crippen molar-refractivity contribution in [3.8, 4) is 11.5 Å². The van der Waals surface area contributed by atoms with Crippen LogP contribution < -0.4 is 9.47 Å². The van der Waals surface area contributed by atoms with Crippen molar-refractivity contribution in [1.29, 1.82) is 0 Å². The summed E-state index contributed by atoms with van der Waals surface area (Å²) in [5.74, 6) is 0.708. The van der Waals surface area contributed by atoms with Gasteiger partial charge in [0.15, 0.2) is 0 Å². The van der Waals surface area contributed by atoms with E-state index in [2.05, 4.69) is 0 Å². The van der Waals surface area contributed by atoms with E-state index in [9.17, 15) is 9.50 Å². The summed E-state index contributed by atoms with van der Waals surface area (Å²) in [4.78, 5) is 0. The number of aliphatic hydroxyl groups is 1. The number of halogens is 1. The molecule has 0 bridgehead atoms. The zero-order valence-electron chi connectivity index (χ0n) is 12.6. The van der Waals surface area contributed by atoms with Crippen molar-refractivity contribution in [2.45, 2.75) is 20.0 Å².